The van der Waals surface area contributed by atoms with Crippen molar-refractivity contribution in [2.75, 3.05) is 24.6 Å². The van der Waals surface area contributed by atoms with Crippen LogP contribution >= 0.6 is 0 Å². The fraction of sp³-hybridized carbons (Fsp3) is 1.00. The Balaban J connectivity index is 3.63. The van der Waals surface area contributed by atoms with Gasteiger partial charge in [-0.15, -0.1) is 0 Å². The first-order valence-electron chi connectivity index (χ1n) is 4.85. The van der Waals surface area contributed by atoms with Gasteiger partial charge in [-0.2, -0.15) is 13.2 Å². The molecule has 16 heavy (non-hydrogen) atoms. The smallest absolute Gasteiger partial charge is 0.382 e. The van der Waals surface area contributed by atoms with Crippen molar-refractivity contribution in [2.45, 2.75) is 25.6 Å². The van der Waals surface area contributed by atoms with Gasteiger partial charge in [-0.05, 0) is 13.0 Å². The van der Waals surface area contributed by atoms with Crippen molar-refractivity contribution in [3.8, 4) is 0 Å². The molecule has 0 aromatic heterocycles. The van der Waals surface area contributed by atoms with E-state index in [0.717, 1.165) is 0 Å². The summed E-state index contributed by atoms with van der Waals surface area (Å²) < 4.78 is 57.4. The molecule has 4 nitrogen and oxygen atoms in total. The van der Waals surface area contributed by atoms with Gasteiger partial charge in [-0.25, -0.2) is 8.42 Å². The first-order chi connectivity index (χ1) is 7.19. The zero-order valence-corrected chi connectivity index (χ0v) is 9.74. The molecule has 0 radical (unpaired) electrons. The Bertz CT molecular complexity index is 289. The molecule has 0 aromatic carbocycles. The Morgan fingerprint density at radius 2 is 1.94 bits per heavy atom. The van der Waals surface area contributed by atoms with Crippen molar-refractivity contribution in [1.82, 2.24) is 5.32 Å². The molecular weight excluding hydrogens is 247 g/mol. The van der Waals surface area contributed by atoms with E-state index in [0.29, 0.717) is 0 Å². The van der Waals surface area contributed by atoms with Crippen LogP contribution < -0.4 is 5.32 Å². The summed E-state index contributed by atoms with van der Waals surface area (Å²) in [5.74, 6) is -0.0310. The summed E-state index contributed by atoms with van der Waals surface area (Å²) in [6.45, 7) is 1.03. The second-order valence-electron chi connectivity index (χ2n) is 3.35. The summed E-state index contributed by atoms with van der Waals surface area (Å²) >= 11 is 0. The lowest BCUT2D eigenvalue weighted by atomic mass is 10.3. The molecule has 0 saturated carbocycles. The summed E-state index contributed by atoms with van der Waals surface area (Å²) in [5, 5.41) is 10.9. The predicted octanol–water partition coefficient (Wildman–Crippen LogP) is 0.324. The maximum absolute atomic E-state index is 11.8. The lowest BCUT2D eigenvalue weighted by Gasteiger charge is -2.14. The van der Waals surface area contributed by atoms with Gasteiger partial charge in [0.15, 0.2) is 6.10 Å². The number of nitrogens with one attached hydrogen (secondary N) is 1. The van der Waals surface area contributed by atoms with Crippen molar-refractivity contribution in [3.63, 3.8) is 0 Å². The molecule has 2 N–H and O–H groups in total. The van der Waals surface area contributed by atoms with Crippen LogP contribution in [0.1, 0.15) is 13.3 Å². The summed E-state index contributed by atoms with van der Waals surface area (Å²) in [5.41, 5.74) is 0. The van der Waals surface area contributed by atoms with Gasteiger partial charge in [0.1, 0.15) is 9.84 Å². The summed E-state index contributed by atoms with van der Waals surface area (Å²) in [4.78, 5) is 0. The van der Waals surface area contributed by atoms with E-state index in [-0.39, 0.29) is 24.5 Å². The summed E-state index contributed by atoms with van der Waals surface area (Å²) in [6, 6.07) is 0. The highest BCUT2D eigenvalue weighted by Gasteiger charge is 2.37. The molecule has 8 heteroatoms. The number of rotatable bonds is 7. The van der Waals surface area contributed by atoms with Gasteiger partial charge in [0.2, 0.25) is 0 Å². The maximum Gasteiger partial charge on any atom is 0.415 e. The minimum absolute atomic E-state index is 0.0260. The van der Waals surface area contributed by atoms with Crippen molar-refractivity contribution in [2.24, 2.45) is 0 Å². The van der Waals surface area contributed by atoms with E-state index >= 15 is 0 Å². The van der Waals surface area contributed by atoms with Crippen molar-refractivity contribution in [3.05, 3.63) is 0 Å². The second-order valence-corrected chi connectivity index (χ2v) is 5.82. The van der Waals surface area contributed by atoms with Gasteiger partial charge in [0.25, 0.3) is 0 Å². The molecule has 1 unspecified atom stereocenters. The Labute approximate surface area is 92.8 Å². The van der Waals surface area contributed by atoms with Crippen LogP contribution in [0.25, 0.3) is 0 Å². The molecule has 0 fully saturated rings. The summed E-state index contributed by atoms with van der Waals surface area (Å²) in [7, 11) is -3.07. The molecule has 0 aromatic rings. The largest absolute Gasteiger partial charge is 0.415 e. The Morgan fingerprint density at radius 1 is 1.38 bits per heavy atom. The number of halogens is 3. The van der Waals surface area contributed by atoms with E-state index < -0.39 is 28.7 Å². The highest BCUT2D eigenvalue weighted by Crippen LogP contribution is 2.18. The number of hydrogen-bond donors (Lipinski definition) is 2. The topological polar surface area (TPSA) is 66.4 Å². The van der Waals surface area contributed by atoms with Crippen LogP contribution in [0.4, 0.5) is 13.2 Å². The molecule has 0 spiro atoms. The number of aliphatic hydroxyl groups excluding tert-OH is 1. The number of sulfone groups is 1. The zero-order valence-electron chi connectivity index (χ0n) is 8.92. The molecular formula is C8H16F3NO3S. The first kappa shape index (κ1) is 15.7. The third-order valence-electron chi connectivity index (χ3n) is 1.96. The number of hydrogen-bond acceptors (Lipinski definition) is 4. The van der Waals surface area contributed by atoms with E-state index in [1.165, 1.54) is 6.92 Å². The van der Waals surface area contributed by atoms with Gasteiger partial charge in [0.05, 0.1) is 5.75 Å². The molecule has 0 rings (SSSR count). The maximum atomic E-state index is 11.8. The van der Waals surface area contributed by atoms with Crippen molar-refractivity contribution >= 4 is 9.84 Å². The van der Waals surface area contributed by atoms with Gasteiger partial charge in [0, 0.05) is 12.3 Å². The van der Waals surface area contributed by atoms with Crippen LogP contribution in [-0.2, 0) is 9.84 Å². The minimum Gasteiger partial charge on any atom is -0.382 e. The molecule has 0 bridgehead atoms. The Kier molecular flexibility index (Phi) is 6.27. The average Bonchev–Trinajstić information content (AvgIpc) is 2.15. The molecule has 0 aliphatic rings. The molecule has 1 atom stereocenters. The monoisotopic (exact) mass is 263 g/mol. The van der Waals surface area contributed by atoms with Crippen LogP contribution in [0.5, 0.6) is 0 Å². The minimum atomic E-state index is -4.64. The number of aliphatic hydroxyl groups is 1. The van der Waals surface area contributed by atoms with Crippen LogP contribution in [0.3, 0.4) is 0 Å². The fourth-order valence-corrected chi connectivity index (χ4v) is 1.79. The Morgan fingerprint density at radius 3 is 2.38 bits per heavy atom. The SMILES string of the molecule is CCS(=O)(=O)CCCNCC(O)C(F)(F)F. The zero-order chi connectivity index (χ0) is 12.8. The Hall–Kier alpha value is -0.340. The highest BCUT2D eigenvalue weighted by atomic mass is 32.2. The van der Waals surface area contributed by atoms with E-state index in [1.807, 2.05) is 0 Å². The van der Waals surface area contributed by atoms with Crippen molar-refractivity contribution < 1.29 is 26.7 Å². The van der Waals surface area contributed by atoms with Gasteiger partial charge >= 0.3 is 6.18 Å². The van der Waals surface area contributed by atoms with Gasteiger partial charge in [-0.1, -0.05) is 6.92 Å². The van der Waals surface area contributed by atoms with Crippen LogP contribution in [0.2, 0.25) is 0 Å². The third-order valence-corrected chi connectivity index (χ3v) is 3.75. The lowest BCUT2D eigenvalue weighted by Crippen LogP contribution is -2.38. The molecule has 98 valence electrons. The van der Waals surface area contributed by atoms with E-state index in [4.69, 9.17) is 5.11 Å². The average molecular weight is 263 g/mol. The quantitative estimate of drug-likeness (QED) is 0.649. The highest BCUT2D eigenvalue weighted by molar-refractivity contribution is 7.91. The standard InChI is InChI=1S/C8H16F3NO3S/c1-2-16(14,15)5-3-4-12-6-7(13)8(9,10)11/h7,12-13H,2-6H2,1H3. The van der Waals surface area contributed by atoms with E-state index in [2.05, 4.69) is 5.32 Å². The van der Waals surface area contributed by atoms with Gasteiger partial charge in [-0.3, -0.25) is 0 Å². The lowest BCUT2D eigenvalue weighted by molar-refractivity contribution is -0.201. The van der Waals surface area contributed by atoms with Crippen molar-refractivity contribution in [1.29, 1.82) is 0 Å². The molecule has 0 aliphatic heterocycles. The fourth-order valence-electron chi connectivity index (χ4n) is 0.916. The molecule has 0 heterocycles. The molecule has 0 saturated heterocycles. The van der Waals surface area contributed by atoms with E-state index in [1.54, 1.807) is 0 Å². The van der Waals surface area contributed by atoms with Crippen LogP contribution in [0, 0.1) is 0 Å². The normalized spacial score (nSPS) is 15.1. The second kappa shape index (κ2) is 6.41. The molecule has 0 aliphatic carbocycles. The van der Waals surface area contributed by atoms with Gasteiger partial charge < -0.3 is 10.4 Å². The van der Waals surface area contributed by atoms with Crippen LogP contribution in [-0.4, -0.2) is 50.4 Å². The summed E-state index contributed by atoms with van der Waals surface area (Å²) in [6.07, 6.45) is -6.81. The first-order valence-corrected chi connectivity index (χ1v) is 6.67. The van der Waals surface area contributed by atoms with E-state index in [9.17, 15) is 21.6 Å². The number of alkyl halides is 3. The third kappa shape index (κ3) is 7.02. The van der Waals surface area contributed by atoms with Crippen LogP contribution in [0.15, 0.2) is 0 Å². The predicted molar refractivity (Wildman–Crippen MR) is 53.9 cm³/mol. The molecule has 0 amide bonds.